The lowest BCUT2D eigenvalue weighted by Crippen LogP contribution is -2.60. The van der Waals surface area contributed by atoms with Gasteiger partial charge in [0.25, 0.3) is 10.1 Å². The second-order valence-corrected chi connectivity index (χ2v) is 17.6. The molecule has 0 aliphatic carbocycles. The molecule has 12 nitrogen and oxygen atoms in total. The Bertz CT molecular complexity index is 1180. The number of carbonyl (C=O) groups is 2. The van der Waals surface area contributed by atoms with E-state index in [1.807, 2.05) is 0 Å². The summed E-state index contributed by atoms with van der Waals surface area (Å²) in [6.07, 6.45) is 29.3. The highest BCUT2D eigenvalue weighted by Crippen LogP contribution is 2.24. The van der Waals surface area contributed by atoms with Crippen LogP contribution in [-0.2, 0) is 38.7 Å². The lowest BCUT2D eigenvalue weighted by Gasteiger charge is -2.40. The first kappa shape index (κ1) is 54.1. The number of hydrogen-bond donors (Lipinski definition) is 4. The quantitative estimate of drug-likeness (QED) is 0.0200. The number of aliphatic hydroxyl groups is 3. The second kappa shape index (κ2) is 35.8. The van der Waals surface area contributed by atoms with Crippen LogP contribution in [0.1, 0.15) is 194 Å². The third-order valence-corrected chi connectivity index (χ3v) is 11.3. The summed E-state index contributed by atoms with van der Waals surface area (Å²) in [5, 5.41) is 30.9. The maximum Gasteiger partial charge on any atom is 0.306 e. The third-order valence-electron chi connectivity index (χ3n) is 10.5. The summed E-state index contributed by atoms with van der Waals surface area (Å²) in [6, 6.07) is 0. The van der Waals surface area contributed by atoms with Crippen LogP contribution in [0.3, 0.4) is 0 Å². The van der Waals surface area contributed by atoms with Gasteiger partial charge in [-0.05, 0) is 44.9 Å². The van der Waals surface area contributed by atoms with E-state index in [0.717, 1.165) is 57.8 Å². The van der Waals surface area contributed by atoms with Gasteiger partial charge in [0.05, 0.1) is 6.61 Å². The van der Waals surface area contributed by atoms with E-state index >= 15 is 0 Å². The molecule has 1 heterocycles. The van der Waals surface area contributed by atoms with Gasteiger partial charge in [0.1, 0.15) is 36.8 Å². The molecule has 13 heteroatoms. The van der Waals surface area contributed by atoms with Gasteiger partial charge >= 0.3 is 11.9 Å². The molecule has 1 aliphatic rings. The third kappa shape index (κ3) is 30.2. The molecule has 58 heavy (non-hydrogen) atoms. The van der Waals surface area contributed by atoms with Crippen molar-refractivity contribution in [3.63, 3.8) is 0 Å². The number of aliphatic hydroxyl groups excluding tert-OH is 3. The summed E-state index contributed by atoms with van der Waals surface area (Å²) in [4.78, 5) is 25.4. The molecule has 0 bridgehead atoms. The van der Waals surface area contributed by atoms with Gasteiger partial charge in [-0.3, -0.25) is 14.1 Å². The Morgan fingerprint density at radius 3 is 1.55 bits per heavy atom. The van der Waals surface area contributed by atoms with Crippen molar-refractivity contribution in [3.05, 3.63) is 24.3 Å². The molecule has 1 saturated heterocycles. The minimum absolute atomic E-state index is 0.166. The molecule has 0 spiro atoms. The molecule has 0 aromatic carbocycles. The zero-order valence-corrected chi connectivity index (χ0v) is 37.0. The fourth-order valence-electron chi connectivity index (χ4n) is 6.94. The summed E-state index contributed by atoms with van der Waals surface area (Å²) in [5.74, 6) is -1.98. The molecule has 6 atom stereocenters. The number of hydrogen-bond acceptors (Lipinski definition) is 11. The van der Waals surface area contributed by atoms with E-state index < -0.39 is 71.2 Å². The standard InChI is InChI=1S/C45H82O12S/c1-3-5-7-9-11-13-15-17-18-19-20-22-23-25-27-29-31-33-40(46)54-35-38(36-55-45-44(50)43(49)42(48)39(57-45)37-58(51,52)53)56-41(47)34-32-30-28-26-24-21-16-14-12-10-8-6-4-2/h11,13,17-18,38-39,42-45,48-50H,3-10,12,14-16,19-37H2,1-2H3,(H,51,52,53)/b13-11+,18-17+/t38-,39-,42-,43?,44?,45+/m1/s1. The van der Waals surface area contributed by atoms with Crippen LogP contribution < -0.4 is 0 Å². The Morgan fingerprint density at radius 1 is 0.586 bits per heavy atom. The number of ether oxygens (including phenoxy) is 4. The first-order chi connectivity index (χ1) is 28.0. The molecule has 0 aromatic heterocycles. The molecule has 1 rings (SSSR count). The zero-order valence-electron chi connectivity index (χ0n) is 36.2. The van der Waals surface area contributed by atoms with Crippen molar-refractivity contribution in [2.75, 3.05) is 19.0 Å². The molecule has 2 unspecified atom stereocenters. The van der Waals surface area contributed by atoms with Gasteiger partial charge in [-0.15, -0.1) is 0 Å². The number of carbonyl (C=O) groups excluding carboxylic acids is 2. The number of rotatable bonds is 38. The minimum Gasteiger partial charge on any atom is -0.462 e. The Kier molecular flexibility index (Phi) is 33.5. The van der Waals surface area contributed by atoms with E-state index in [0.29, 0.717) is 12.8 Å². The van der Waals surface area contributed by atoms with Gasteiger partial charge in [0.15, 0.2) is 12.4 Å². The highest BCUT2D eigenvalue weighted by atomic mass is 32.2. The highest BCUT2D eigenvalue weighted by Gasteiger charge is 2.46. The van der Waals surface area contributed by atoms with Crippen LogP contribution in [0.2, 0.25) is 0 Å². The number of esters is 2. The van der Waals surface area contributed by atoms with E-state index in [2.05, 4.69) is 38.2 Å². The van der Waals surface area contributed by atoms with Crippen LogP contribution in [0.4, 0.5) is 0 Å². The maximum absolute atomic E-state index is 12.8. The molecule has 0 radical (unpaired) electrons. The normalized spacial score (nSPS) is 20.6. The molecule has 0 saturated carbocycles. The van der Waals surface area contributed by atoms with Gasteiger partial charge in [-0.1, -0.05) is 160 Å². The first-order valence-corrected chi connectivity index (χ1v) is 24.5. The Morgan fingerprint density at radius 2 is 1.03 bits per heavy atom. The molecule has 340 valence electrons. The number of unbranched alkanes of at least 4 members (excludes halogenated alkanes) is 22. The fraction of sp³-hybridized carbons (Fsp3) is 0.867. The van der Waals surface area contributed by atoms with Crippen LogP contribution >= 0.6 is 0 Å². The summed E-state index contributed by atoms with van der Waals surface area (Å²) >= 11 is 0. The van der Waals surface area contributed by atoms with Crippen molar-refractivity contribution in [1.29, 1.82) is 0 Å². The average Bonchev–Trinajstić information content (AvgIpc) is 3.18. The van der Waals surface area contributed by atoms with Gasteiger partial charge in [0, 0.05) is 12.8 Å². The van der Waals surface area contributed by atoms with Crippen LogP contribution in [0.5, 0.6) is 0 Å². The lowest BCUT2D eigenvalue weighted by atomic mass is 10.00. The first-order valence-electron chi connectivity index (χ1n) is 22.9. The average molecular weight is 847 g/mol. The van der Waals surface area contributed by atoms with E-state index in [1.54, 1.807) is 0 Å². The summed E-state index contributed by atoms with van der Waals surface area (Å²) in [7, 11) is -4.60. The summed E-state index contributed by atoms with van der Waals surface area (Å²) < 4.78 is 54.0. The molecular weight excluding hydrogens is 765 g/mol. The predicted octanol–water partition coefficient (Wildman–Crippen LogP) is 9.23. The van der Waals surface area contributed by atoms with Gasteiger partial charge in [-0.25, -0.2) is 0 Å². The molecular formula is C45H82O12S. The molecule has 0 aromatic rings. The maximum atomic E-state index is 12.8. The summed E-state index contributed by atoms with van der Waals surface area (Å²) in [5.41, 5.74) is 0. The topological polar surface area (TPSA) is 186 Å². The zero-order chi connectivity index (χ0) is 42.7. The van der Waals surface area contributed by atoms with Crippen molar-refractivity contribution < 1.29 is 56.8 Å². The van der Waals surface area contributed by atoms with E-state index in [-0.39, 0.29) is 19.4 Å². The van der Waals surface area contributed by atoms with Gasteiger partial charge in [-0.2, -0.15) is 8.42 Å². The molecule has 1 aliphatic heterocycles. The molecule has 4 N–H and O–H groups in total. The van der Waals surface area contributed by atoms with Crippen LogP contribution in [0, 0.1) is 0 Å². The van der Waals surface area contributed by atoms with Crippen LogP contribution in [-0.4, -0.2) is 96.0 Å². The monoisotopic (exact) mass is 847 g/mol. The Balaban J connectivity index is 2.43. The Hall–Kier alpha value is -1.87. The minimum atomic E-state index is -4.60. The smallest absolute Gasteiger partial charge is 0.306 e. The molecule has 1 fully saturated rings. The van der Waals surface area contributed by atoms with E-state index in [9.17, 15) is 37.9 Å². The van der Waals surface area contributed by atoms with Gasteiger partial charge < -0.3 is 34.3 Å². The fourth-order valence-corrected chi connectivity index (χ4v) is 7.63. The predicted molar refractivity (Wildman–Crippen MR) is 229 cm³/mol. The van der Waals surface area contributed by atoms with Crippen LogP contribution in [0.15, 0.2) is 24.3 Å². The van der Waals surface area contributed by atoms with E-state index in [1.165, 1.54) is 96.3 Å². The van der Waals surface area contributed by atoms with Crippen LogP contribution in [0.25, 0.3) is 0 Å². The van der Waals surface area contributed by atoms with Crippen molar-refractivity contribution in [2.45, 2.75) is 230 Å². The van der Waals surface area contributed by atoms with Crippen molar-refractivity contribution in [1.82, 2.24) is 0 Å². The highest BCUT2D eigenvalue weighted by molar-refractivity contribution is 7.85. The Labute approximate surface area is 351 Å². The number of allylic oxidation sites excluding steroid dienone is 4. The van der Waals surface area contributed by atoms with E-state index in [4.69, 9.17) is 18.9 Å². The lowest BCUT2D eigenvalue weighted by molar-refractivity contribution is -0.297. The van der Waals surface area contributed by atoms with Crippen molar-refractivity contribution >= 4 is 22.1 Å². The molecule has 0 amide bonds. The second-order valence-electron chi connectivity index (χ2n) is 16.1. The van der Waals surface area contributed by atoms with Crippen molar-refractivity contribution in [3.8, 4) is 0 Å². The van der Waals surface area contributed by atoms with Crippen molar-refractivity contribution in [2.24, 2.45) is 0 Å². The SMILES string of the molecule is CCCCC/C=C/C/C=C/CCCCCCCCCC(=O)OC[C@H](CO[C@H]1O[C@H](CS(=O)(=O)O)[C@@H](O)C(O)C1O)OC(=O)CCCCCCCCCCCCCCC. The summed E-state index contributed by atoms with van der Waals surface area (Å²) in [6.45, 7) is 3.73. The van der Waals surface area contributed by atoms with Gasteiger partial charge in [0.2, 0.25) is 0 Å². The largest absolute Gasteiger partial charge is 0.462 e.